The number of carbonyl (C=O) groups excluding carboxylic acids is 2. The monoisotopic (exact) mass is 400 g/mol. The number of rotatable bonds is 7. The molecule has 0 radical (unpaired) electrons. The van der Waals surface area contributed by atoms with Gasteiger partial charge in [0.05, 0.1) is 23.6 Å². The maximum absolute atomic E-state index is 12.8. The first-order valence-electron chi connectivity index (χ1n) is 8.55. The van der Waals surface area contributed by atoms with Crippen molar-refractivity contribution in [2.45, 2.75) is 24.5 Å². The van der Waals surface area contributed by atoms with Gasteiger partial charge in [-0.25, -0.2) is 0 Å². The maximum Gasteiger partial charge on any atom is 0.255 e. The highest BCUT2D eigenvalue weighted by atomic mass is 32.2. The third kappa shape index (κ3) is 5.01. The fraction of sp³-hybridized carbons (Fsp3) is 0.263. The van der Waals surface area contributed by atoms with Gasteiger partial charge in [0, 0.05) is 24.1 Å². The molecule has 146 valence electrons. The Morgan fingerprint density at radius 1 is 1.14 bits per heavy atom. The van der Waals surface area contributed by atoms with Gasteiger partial charge in [0.2, 0.25) is 5.91 Å². The lowest BCUT2D eigenvalue weighted by Gasteiger charge is -2.18. The number of anilines is 1. The molecule has 0 aliphatic rings. The van der Waals surface area contributed by atoms with Crippen molar-refractivity contribution in [2.75, 3.05) is 18.9 Å². The fourth-order valence-electron chi connectivity index (χ4n) is 2.50. The smallest absolute Gasteiger partial charge is 0.255 e. The Balaban J connectivity index is 1.63. The molecule has 3 aromatic rings. The van der Waals surface area contributed by atoms with Crippen LogP contribution in [-0.4, -0.2) is 40.6 Å². The van der Waals surface area contributed by atoms with Gasteiger partial charge in [0.1, 0.15) is 11.5 Å². The van der Waals surface area contributed by atoms with Crippen molar-refractivity contribution in [3.63, 3.8) is 0 Å². The van der Waals surface area contributed by atoms with Crippen LogP contribution in [0.4, 0.5) is 5.82 Å². The Hall–Kier alpha value is -3.07. The van der Waals surface area contributed by atoms with Crippen LogP contribution in [0, 0.1) is 13.8 Å². The van der Waals surface area contributed by atoms with E-state index in [-0.39, 0.29) is 18.4 Å². The SMILES string of the molecule is Cc1cc(CSc2ccccc2C(=O)N(C)CC(=O)Nc2cc(C)on2)on1. The van der Waals surface area contributed by atoms with Gasteiger partial charge >= 0.3 is 0 Å². The molecule has 0 aliphatic heterocycles. The van der Waals surface area contributed by atoms with E-state index >= 15 is 0 Å². The molecule has 1 N–H and O–H groups in total. The summed E-state index contributed by atoms with van der Waals surface area (Å²) in [4.78, 5) is 27.2. The van der Waals surface area contributed by atoms with Crippen LogP contribution in [0.1, 0.15) is 27.6 Å². The Morgan fingerprint density at radius 3 is 2.61 bits per heavy atom. The molecule has 0 unspecified atom stereocenters. The maximum atomic E-state index is 12.8. The average molecular weight is 400 g/mol. The topological polar surface area (TPSA) is 101 Å². The van der Waals surface area contributed by atoms with Crippen molar-refractivity contribution in [2.24, 2.45) is 0 Å². The molecule has 0 spiro atoms. The first kappa shape index (κ1) is 19.7. The summed E-state index contributed by atoms with van der Waals surface area (Å²) < 4.78 is 10.1. The van der Waals surface area contributed by atoms with Crippen molar-refractivity contribution < 1.29 is 18.6 Å². The van der Waals surface area contributed by atoms with Crippen molar-refractivity contribution >= 4 is 29.4 Å². The molecule has 8 nitrogen and oxygen atoms in total. The van der Waals surface area contributed by atoms with E-state index in [2.05, 4.69) is 15.6 Å². The van der Waals surface area contributed by atoms with Crippen LogP contribution in [0.2, 0.25) is 0 Å². The largest absolute Gasteiger partial charge is 0.360 e. The number of likely N-dealkylation sites (N-methyl/N-ethyl adjacent to an activating group) is 1. The Bertz CT molecular complexity index is 982. The third-order valence-corrected chi connectivity index (χ3v) is 4.88. The average Bonchev–Trinajstić information content (AvgIpc) is 3.27. The third-order valence-electron chi connectivity index (χ3n) is 3.79. The second kappa shape index (κ2) is 8.75. The number of aryl methyl sites for hydroxylation is 2. The summed E-state index contributed by atoms with van der Waals surface area (Å²) in [5.74, 6) is 1.60. The minimum absolute atomic E-state index is 0.106. The summed E-state index contributed by atoms with van der Waals surface area (Å²) in [5.41, 5.74) is 1.34. The molecular weight excluding hydrogens is 380 g/mol. The minimum atomic E-state index is -0.355. The van der Waals surface area contributed by atoms with E-state index in [0.717, 1.165) is 16.3 Å². The fourth-order valence-corrected chi connectivity index (χ4v) is 3.42. The van der Waals surface area contributed by atoms with Gasteiger partial charge in [-0.3, -0.25) is 9.59 Å². The van der Waals surface area contributed by atoms with Crippen molar-refractivity contribution in [3.05, 3.63) is 59.2 Å². The van der Waals surface area contributed by atoms with Crippen molar-refractivity contribution in [3.8, 4) is 0 Å². The van der Waals surface area contributed by atoms with Crippen molar-refractivity contribution in [1.82, 2.24) is 15.2 Å². The van der Waals surface area contributed by atoms with Crippen LogP contribution in [0.15, 0.2) is 50.3 Å². The van der Waals surface area contributed by atoms with Crippen LogP contribution >= 0.6 is 11.8 Å². The van der Waals surface area contributed by atoms with E-state index in [4.69, 9.17) is 9.05 Å². The molecule has 1 aromatic carbocycles. The summed E-state index contributed by atoms with van der Waals surface area (Å²) in [5, 5.41) is 10.2. The first-order chi connectivity index (χ1) is 13.4. The number of hydrogen-bond acceptors (Lipinski definition) is 7. The minimum Gasteiger partial charge on any atom is -0.360 e. The molecule has 9 heteroatoms. The molecule has 2 amide bonds. The zero-order valence-electron chi connectivity index (χ0n) is 15.8. The van der Waals surface area contributed by atoms with Crippen LogP contribution in [0.3, 0.4) is 0 Å². The van der Waals surface area contributed by atoms with Gasteiger partial charge in [0.25, 0.3) is 5.91 Å². The molecule has 2 heterocycles. The molecule has 3 rings (SSSR count). The number of benzene rings is 1. The summed E-state index contributed by atoms with van der Waals surface area (Å²) in [6, 6.07) is 10.7. The predicted molar refractivity (Wildman–Crippen MR) is 104 cm³/mol. The summed E-state index contributed by atoms with van der Waals surface area (Å²) >= 11 is 1.48. The lowest BCUT2D eigenvalue weighted by molar-refractivity contribution is -0.116. The Morgan fingerprint density at radius 2 is 1.93 bits per heavy atom. The summed E-state index contributed by atoms with van der Waals surface area (Å²) in [6.45, 7) is 3.48. The lowest BCUT2D eigenvalue weighted by atomic mass is 10.2. The van der Waals surface area contributed by atoms with Gasteiger partial charge < -0.3 is 19.3 Å². The van der Waals surface area contributed by atoms with Crippen LogP contribution in [-0.2, 0) is 10.5 Å². The van der Waals surface area contributed by atoms with Gasteiger partial charge in [-0.15, -0.1) is 11.8 Å². The van der Waals surface area contributed by atoms with Crippen LogP contribution < -0.4 is 5.32 Å². The summed E-state index contributed by atoms with van der Waals surface area (Å²) in [6.07, 6.45) is 0. The molecule has 0 saturated carbocycles. The molecule has 0 atom stereocenters. The van der Waals surface area contributed by atoms with E-state index in [1.807, 2.05) is 25.1 Å². The van der Waals surface area contributed by atoms with E-state index in [1.54, 1.807) is 32.2 Å². The zero-order chi connectivity index (χ0) is 20.1. The molecule has 0 bridgehead atoms. The van der Waals surface area contributed by atoms with E-state index in [1.165, 1.54) is 16.7 Å². The normalized spacial score (nSPS) is 10.7. The molecule has 0 saturated heterocycles. The standard InChI is InChI=1S/C19H20N4O4S/c1-12-8-14(27-21-12)11-28-16-7-5-4-6-15(16)19(25)23(3)10-18(24)20-17-9-13(2)26-22-17/h4-9H,10-11H2,1-3H3,(H,20,22,24). The van der Waals surface area contributed by atoms with Crippen LogP contribution in [0.25, 0.3) is 0 Å². The Labute approximate surface area is 166 Å². The molecule has 0 fully saturated rings. The van der Waals surface area contributed by atoms with E-state index < -0.39 is 0 Å². The second-order valence-electron chi connectivity index (χ2n) is 6.25. The summed E-state index contributed by atoms with van der Waals surface area (Å²) in [7, 11) is 1.58. The number of amides is 2. The lowest BCUT2D eigenvalue weighted by Crippen LogP contribution is -2.35. The van der Waals surface area contributed by atoms with Gasteiger partial charge in [0.15, 0.2) is 5.82 Å². The molecule has 2 aromatic heterocycles. The van der Waals surface area contributed by atoms with Crippen LogP contribution in [0.5, 0.6) is 0 Å². The first-order valence-corrected chi connectivity index (χ1v) is 9.53. The highest BCUT2D eigenvalue weighted by Gasteiger charge is 2.19. The van der Waals surface area contributed by atoms with E-state index in [0.29, 0.717) is 22.9 Å². The number of nitrogens with one attached hydrogen (secondary N) is 1. The van der Waals surface area contributed by atoms with Gasteiger partial charge in [-0.05, 0) is 26.0 Å². The quantitative estimate of drug-likeness (QED) is 0.607. The highest BCUT2D eigenvalue weighted by molar-refractivity contribution is 7.98. The number of carbonyl (C=O) groups is 2. The van der Waals surface area contributed by atoms with Crippen molar-refractivity contribution in [1.29, 1.82) is 0 Å². The zero-order valence-corrected chi connectivity index (χ0v) is 16.6. The molecule has 0 aliphatic carbocycles. The molecule has 28 heavy (non-hydrogen) atoms. The Kier molecular flexibility index (Phi) is 6.15. The predicted octanol–water partition coefficient (Wildman–Crippen LogP) is 3.28. The number of aromatic nitrogens is 2. The van der Waals surface area contributed by atoms with Gasteiger partial charge in [-0.1, -0.05) is 22.4 Å². The van der Waals surface area contributed by atoms with E-state index in [9.17, 15) is 9.59 Å². The highest BCUT2D eigenvalue weighted by Crippen LogP contribution is 2.27. The molecular formula is C19H20N4O4S. The number of thioether (sulfide) groups is 1. The number of hydrogen-bond donors (Lipinski definition) is 1. The second-order valence-corrected chi connectivity index (χ2v) is 7.27. The number of nitrogens with zero attached hydrogens (tertiary/aromatic N) is 3. The van der Waals surface area contributed by atoms with Gasteiger partial charge in [-0.2, -0.15) is 0 Å².